The van der Waals surface area contributed by atoms with Crippen LogP contribution in [-0.4, -0.2) is 55.0 Å². The van der Waals surface area contributed by atoms with Crippen molar-refractivity contribution in [2.75, 3.05) is 44.6 Å². The molecule has 0 spiro atoms. The highest BCUT2D eigenvalue weighted by atomic mass is 79.9. The number of nitrogens with one attached hydrogen (secondary N) is 1. The van der Waals surface area contributed by atoms with Gasteiger partial charge in [0.25, 0.3) is 0 Å². The van der Waals surface area contributed by atoms with Gasteiger partial charge < -0.3 is 15.1 Å². The molecular weight excluding hydrogens is 318 g/mol. The molecular formula is C15H22BrN3O. The van der Waals surface area contributed by atoms with Crippen molar-refractivity contribution in [1.82, 2.24) is 9.80 Å². The third kappa shape index (κ3) is 4.49. The van der Waals surface area contributed by atoms with Crippen molar-refractivity contribution in [2.24, 2.45) is 0 Å². The molecule has 0 bridgehead atoms. The zero-order valence-corrected chi connectivity index (χ0v) is 13.5. The Morgan fingerprint density at radius 3 is 2.70 bits per heavy atom. The quantitative estimate of drug-likeness (QED) is 0.894. The predicted octanol–water partition coefficient (Wildman–Crippen LogP) is 2.42. The first-order valence-electron chi connectivity index (χ1n) is 7.18. The molecule has 1 aromatic rings. The van der Waals surface area contributed by atoms with E-state index < -0.39 is 0 Å². The molecule has 1 aromatic carbocycles. The van der Waals surface area contributed by atoms with Gasteiger partial charge in [0.15, 0.2) is 0 Å². The molecule has 20 heavy (non-hydrogen) atoms. The summed E-state index contributed by atoms with van der Waals surface area (Å²) in [6.45, 7) is 7.66. The molecule has 0 radical (unpaired) electrons. The van der Waals surface area contributed by atoms with Crippen molar-refractivity contribution >= 4 is 27.5 Å². The Hall–Kier alpha value is -1.07. The summed E-state index contributed by atoms with van der Waals surface area (Å²) in [6.07, 6.45) is 0.554. The summed E-state index contributed by atoms with van der Waals surface area (Å²) in [6, 6.07) is 8.00. The average molecular weight is 340 g/mol. The maximum atomic E-state index is 12.1. The molecule has 4 nitrogen and oxygen atoms in total. The number of nitrogens with zero attached hydrogens (tertiary/aromatic N) is 2. The van der Waals surface area contributed by atoms with Crippen LogP contribution in [-0.2, 0) is 4.79 Å². The number of anilines is 1. The van der Waals surface area contributed by atoms with Crippen molar-refractivity contribution in [3.63, 3.8) is 0 Å². The zero-order chi connectivity index (χ0) is 14.4. The average Bonchev–Trinajstić information content (AvgIpc) is 2.47. The Balaban J connectivity index is 1.70. The third-order valence-corrected chi connectivity index (χ3v) is 4.16. The van der Waals surface area contributed by atoms with E-state index in [1.165, 1.54) is 0 Å². The van der Waals surface area contributed by atoms with Gasteiger partial charge in [0.1, 0.15) is 0 Å². The summed E-state index contributed by atoms with van der Waals surface area (Å²) >= 11 is 3.44. The molecule has 0 unspecified atom stereocenters. The molecule has 110 valence electrons. The maximum Gasteiger partial charge on any atom is 0.224 e. The standard InChI is InChI=1S/C15H22BrN3O/c1-2-18-8-10-19(11-9-18)15(20)6-7-17-14-5-3-4-13(16)12-14/h3-5,12,17H,2,6-11H2,1H3. The van der Waals surface area contributed by atoms with Crippen LogP contribution in [0.2, 0.25) is 0 Å². The van der Waals surface area contributed by atoms with Gasteiger partial charge in [-0.2, -0.15) is 0 Å². The van der Waals surface area contributed by atoms with E-state index in [-0.39, 0.29) is 5.91 Å². The Kier molecular flexibility index (Phi) is 5.86. The summed E-state index contributed by atoms with van der Waals surface area (Å²) in [5.74, 6) is 0.253. The van der Waals surface area contributed by atoms with E-state index in [1.54, 1.807) is 0 Å². The Morgan fingerprint density at radius 2 is 2.05 bits per heavy atom. The van der Waals surface area contributed by atoms with Gasteiger partial charge in [-0.1, -0.05) is 28.9 Å². The van der Waals surface area contributed by atoms with E-state index >= 15 is 0 Å². The molecule has 0 atom stereocenters. The maximum absolute atomic E-state index is 12.1. The van der Waals surface area contributed by atoms with E-state index in [2.05, 4.69) is 33.1 Å². The van der Waals surface area contributed by atoms with Gasteiger partial charge in [0.05, 0.1) is 0 Å². The minimum atomic E-state index is 0.253. The van der Waals surface area contributed by atoms with E-state index in [9.17, 15) is 4.79 Å². The first-order valence-corrected chi connectivity index (χ1v) is 7.98. The van der Waals surface area contributed by atoms with Crippen molar-refractivity contribution in [2.45, 2.75) is 13.3 Å². The lowest BCUT2D eigenvalue weighted by molar-refractivity contribution is -0.132. The monoisotopic (exact) mass is 339 g/mol. The molecule has 1 aliphatic rings. The molecule has 2 rings (SSSR count). The van der Waals surface area contributed by atoms with Gasteiger partial charge in [0.2, 0.25) is 5.91 Å². The van der Waals surface area contributed by atoms with E-state index in [0.717, 1.165) is 42.9 Å². The second-order valence-electron chi connectivity index (χ2n) is 5.00. The molecule has 0 saturated carbocycles. The topological polar surface area (TPSA) is 35.6 Å². The molecule has 1 heterocycles. The fourth-order valence-corrected chi connectivity index (χ4v) is 2.78. The van der Waals surface area contributed by atoms with Gasteiger partial charge in [-0.05, 0) is 24.7 Å². The number of amides is 1. The number of likely N-dealkylation sites (N-methyl/N-ethyl adjacent to an activating group) is 1. The fraction of sp³-hybridized carbons (Fsp3) is 0.533. The van der Waals surface area contributed by atoms with Crippen LogP contribution in [0.4, 0.5) is 5.69 Å². The van der Waals surface area contributed by atoms with E-state index in [0.29, 0.717) is 13.0 Å². The fourth-order valence-electron chi connectivity index (χ4n) is 2.38. The highest BCUT2D eigenvalue weighted by molar-refractivity contribution is 9.10. The van der Waals surface area contributed by atoms with Crippen molar-refractivity contribution in [3.05, 3.63) is 28.7 Å². The Labute approximate surface area is 129 Å². The molecule has 1 saturated heterocycles. The molecule has 1 aliphatic heterocycles. The molecule has 1 fully saturated rings. The lowest BCUT2D eigenvalue weighted by Crippen LogP contribution is -2.48. The van der Waals surface area contributed by atoms with Crippen LogP contribution in [0.3, 0.4) is 0 Å². The van der Waals surface area contributed by atoms with Crippen LogP contribution in [0.15, 0.2) is 28.7 Å². The number of rotatable bonds is 5. The SMILES string of the molecule is CCN1CCN(C(=O)CCNc2cccc(Br)c2)CC1. The second kappa shape index (κ2) is 7.64. The smallest absolute Gasteiger partial charge is 0.224 e. The van der Waals surface area contributed by atoms with E-state index in [4.69, 9.17) is 0 Å². The molecule has 1 N–H and O–H groups in total. The first kappa shape index (κ1) is 15.3. The summed E-state index contributed by atoms with van der Waals surface area (Å²) in [5.41, 5.74) is 1.04. The van der Waals surface area contributed by atoms with Crippen LogP contribution >= 0.6 is 15.9 Å². The van der Waals surface area contributed by atoms with Gasteiger partial charge in [-0.25, -0.2) is 0 Å². The predicted molar refractivity (Wildman–Crippen MR) is 85.9 cm³/mol. The Morgan fingerprint density at radius 1 is 1.30 bits per heavy atom. The van der Waals surface area contributed by atoms with Crippen LogP contribution in [0.1, 0.15) is 13.3 Å². The van der Waals surface area contributed by atoms with Crippen LogP contribution in [0, 0.1) is 0 Å². The molecule has 0 aliphatic carbocycles. The number of carbonyl (C=O) groups is 1. The highest BCUT2D eigenvalue weighted by Gasteiger charge is 2.19. The number of hydrogen-bond acceptors (Lipinski definition) is 3. The minimum Gasteiger partial charge on any atom is -0.384 e. The molecule has 0 aromatic heterocycles. The lowest BCUT2D eigenvalue weighted by atomic mass is 10.2. The van der Waals surface area contributed by atoms with Crippen molar-refractivity contribution in [1.29, 1.82) is 0 Å². The number of carbonyl (C=O) groups excluding carboxylic acids is 1. The van der Waals surface area contributed by atoms with Gasteiger partial charge in [0, 0.05) is 49.3 Å². The molecule has 5 heteroatoms. The van der Waals surface area contributed by atoms with Gasteiger partial charge in [-0.3, -0.25) is 4.79 Å². The summed E-state index contributed by atoms with van der Waals surface area (Å²) in [4.78, 5) is 16.5. The normalized spacial score (nSPS) is 16.2. The largest absolute Gasteiger partial charge is 0.384 e. The van der Waals surface area contributed by atoms with Crippen molar-refractivity contribution < 1.29 is 4.79 Å². The number of hydrogen-bond donors (Lipinski definition) is 1. The number of halogens is 1. The third-order valence-electron chi connectivity index (χ3n) is 3.66. The van der Waals surface area contributed by atoms with Crippen LogP contribution < -0.4 is 5.32 Å². The number of benzene rings is 1. The number of piperazine rings is 1. The van der Waals surface area contributed by atoms with Crippen molar-refractivity contribution in [3.8, 4) is 0 Å². The Bertz CT molecular complexity index is 444. The van der Waals surface area contributed by atoms with Crippen LogP contribution in [0.25, 0.3) is 0 Å². The van der Waals surface area contributed by atoms with Crippen LogP contribution in [0.5, 0.6) is 0 Å². The summed E-state index contributed by atoms with van der Waals surface area (Å²) < 4.78 is 1.05. The highest BCUT2D eigenvalue weighted by Crippen LogP contribution is 2.15. The summed E-state index contributed by atoms with van der Waals surface area (Å²) in [7, 11) is 0. The molecule has 1 amide bonds. The van der Waals surface area contributed by atoms with Gasteiger partial charge in [-0.15, -0.1) is 0 Å². The second-order valence-corrected chi connectivity index (χ2v) is 5.92. The van der Waals surface area contributed by atoms with Gasteiger partial charge >= 0.3 is 0 Å². The minimum absolute atomic E-state index is 0.253. The summed E-state index contributed by atoms with van der Waals surface area (Å²) in [5, 5.41) is 3.29. The lowest BCUT2D eigenvalue weighted by Gasteiger charge is -2.34. The first-order chi connectivity index (χ1) is 9.69. The zero-order valence-electron chi connectivity index (χ0n) is 11.9. The van der Waals surface area contributed by atoms with E-state index in [1.807, 2.05) is 29.2 Å².